The second-order valence-electron chi connectivity index (χ2n) is 8.76. The van der Waals surface area contributed by atoms with Crippen LogP contribution in [0.25, 0.3) is 10.9 Å². The Hall–Kier alpha value is -3.61. The van der Waals surface area contributed by atoms with Crippen molar-refractivity contribution in [2.75, 3.05) is 13.7 Å². The number of nitrogens with one attached hydrogen (secondary N) is 4. The number of carbonyl (C=O) groups excluding carboxylic acids is 3. The highest BCUT2D eigenvalue weighted by Gasteiger charge is 2.33. The molecular formula is C23H28FN5O4. The summed E-state index contributed by atoms with van der Waals surface area (Å²) >= 11 is 0. The second-order valence-corrected chi connectivity index (χ2v) is 8.76. The van der Waals surface area contributed by atoms with Crippen LogP contribution in [0, 0.1) is 17.2 Å². The van der Waals surface area contributed by atoms with E-state index in [4.69, 9.17) is 4.74 Å². The molecule has 0 bridgehead atoms. The average molecular weight is 458 g/mol. The molecule has 176 valence electrons. The Balaban J connectivity index is 1.74. The molecule has 1 aromatic carbocycles. The molecule has 33 heavy (non-hydrogen) atoms. The molecule has 4 N–H and O–H groups in total. The lowest BCUT2D eigenvalue weighted by atomic mass is 9.97. The van der Waals surface area contributed by atoms with Crippen LogP contribution in [0.15, 0.2) is 24.3 Å². The zero-order valence-corrected chi connectivity index (χ0v) is 18.8. The van der Waals surface area contributed by atoms with Crippen molar-refractivity contribution in [1.82, 2.24) is 20.9 Å². The maximum absolute atomic E-state index is 14.4. The lowest BCUT2D eigenvalue weighted by Gasteiger charge is -2.25. The van der Waals surface area contributed by atoms with Gasteiger partial charge in [-0.15, -0.1) is 0 Å². The molecule has 10 heteroatoms. The van der Waals surface area contributed by atoms with Crippen LogP contribution in [-0.2, 0) is 9.59 Å². The highest BCUT2D eigenvalue weighted by atomic mass is 19.1. The van der Waals surface area contributed by atoms with Crippen LogP contribution in [-0.4, -0.2) is 54.1 Å². The third-order valence-corrected chi connectivity index (χ3v) is 5.56. The van der Waals surface area contributed by atoms with E-state index >= 15 is 0 Å². The number of nitrogens with zero attached hydrogens (tertiary/aromatic N) is 1. The number of aromatic nitrogens is 1. The highest BCUT2D eigenvalue weighted by molar-refractivity contribution is 6.01. The summed E-state index contributed by atoms with van der Waals surface area (Å²) in [4.78, 5) is 40.6. The molecule has 3 amide bonds. The minimum atomic E-state index is -1.76. The molecule has 1 saturated heterocycles. The zero-order valence-electron chi connectivity index (χ0n) is 18.8. The van der Waals surface area contributed by atoms with Gasteiger partial charge < -0.3 is 25.7 Å². The van der Waals surface area contributed by atoms with Crippen LogP contribution in [0.5, 0.6) is 5.75 Å². The number of aromatic amines is 1. The van der Waals surface area contributed by atoms with Gasteiger partial charge >= 0.3 is 0 Å². The van der Waals surface area contributed by atoms with Crippen LogP contribution in [0.1, 0.15) is 43.6 Å². The van der Waals surface area contributed by atoms with E-state index in [1.807, 2.05) is 6.07 Å². The summed E-state index contributed by atoms with van der Waals surface area (Å²) in [6.07, 6.45) is 0.431. The van der Waals surface area contributed by atoms with Gasteiger partial charge in [0.15, 0.2) is 0 Å². The molecule has 3 rings (SSSR count). The first kappa shape index (κ1) is 24.0. The predicted molar refractivity (Wildman–Crippen MR) is 119 cm³/mol. The number of fused-ring (bicyclic) bond motifs is 1. The van der Waals surface area contributed by atoms with E-state index in [2.05, 4.69) is 20.9 Å². The van der Waals surface area contributed by atoms with E-state index in [9.17, 15) is 24.0 Å². The van der Waals surface area contributed by atoms with Gasteiger partial charge in [-0.25, -0.2) is 4.39 Å². The number of rotatable bonds is 9. The number of carbonyl (C=O) groups is 3. The van der Waals surface area contributed by atoms with Crippen molar-refractivity contribution < 1.29 is 23.5 Å². The van der Waals surface area contributed by atoms with E-state index in [1.165, 1.54) is 21.0 Å². The Bertz CT molecular complexity index is 1080. The molecule has 2 heterocycles. The Morgan fingerprint density at radius 1 is 1.36 bits per heavy atom. The molecule has 1 aliphatic rings. The minimum absolute atomic E-state index is 0.148. The standard InChI is InChI=1S/C23H28FN5O4/c1-23(2,24)11-18(22(32)27-14(12-25)9-13-7-8-26-20(13)30)29-21(31)17-10-15-16(28-17)5-4-6-19(15)33-3/h4-6,10,13-14,18,28H,7-9,11H2,1-3H3,(H,26,30)(H,27,32)(H,29,31)/t13?,14-,18?/m0/s1. The monoisotopic (exact) mass is 457 g/mol. The third kappa shape index (κ3) is 6.00. The SMILES string of the molecule is COc1cccc2[nH]c(C(=O)NC(CC(C)(C)F)C(=O)N[C@H](C#N)CC3CCNC3=O)cc12. The summed E-state index contributed by atoms with van der Waals surface area (Å²) in [5.41, 5.74) is -0.902. The van der Waals surface area contributed by atoms with E-state index in [-0.39, 0.29) is 30.4 Å². The fourth-order valence-corrected chi connectivity index (χ4v) is 3.93. The van der Waals surface area contributed by atoms with Crippen LogP contribution in [0.3, 0.4) is 0 Å². The fourth-order valence-electron chi connectivity index (χ4n) is 3.93. The Morgan fingerprint density at radius 3 is 2.73 bits per heavy atom. The molecule has 3 atom stereocenters. The molecule has 0 radical (unpaired) electrons. The maximum Gasteiger partial charge on any atom is 0.268 e. The first-order valence-electron chi connectivity index (χ1n) is 10.7. The summed E-state index contributed by atoms with van der Waals surface area (Å²) in [7, 11) is 1.52. The van der Waals surface area contributed by atoms with Gasteiger partial charge in [-0.1, -0.05) is 6.07 Å². The van der Waals surface area contributed by atoms with Gasteiger partial charge in [0.1, 0.15) is 29.2 Å². The number of amides is 3. The molecule has 2 aromatic rings. The van der Waals surface area contributed by atoms with E-state index < -0.39 is 29.6 Å². The number of H-pyrrole nitrogens is 1. The van der Waals surface area contributed by atoms with E-state index in [1.54, 1.807) is 24.3 Å². The van der Waals surface area contributed by atoms with Crippen molar-refractivity contribution in [1.29, 1.82) is 5.26 Å². The molecule has 1 fully saturated rings. The lowest BCUT2D eigenvalue weighted by Crippen LogP contribution is -2.51. The van der Waals surface area contributed by atoms with Gasteiger partial charge in [0, 0.05) is 29.8 Å². The maximum atomic E-state index is 14.4. The van der Waals surface area contributed by atoms with Crippen molar-refractivity contribution in [3.05, 3.63) is 30.0 Å². The summed E-state index contributed by atoms with van der Waals surface area (Å²) in [6.45, 7) is 3.13. The van der Waals surface area contributed by atoms with Crippen molar-refractivity contribution in [2.24, 2.45) is 5.92 Å². The fraction of sp³-hybridized carbons (Fsp3) is 0.478. The number of halogens is 1. The summed E-state index contributed by atoms with van der Waals surface area (Å²) in [5.74, 6) is -1.24. The number of methoxy groups -OCH3 is 1. The van der Waals surface area contributed by atoms with Crippen molar-refractivity contribution in [3.63, 3.8) is 0 Å². The third-order valence-electron chi connectivity index (χ3n) is 5.56. The van der Waals surface area contributed by atoms with Crippen LogP contribution in [0.2, 0.25) is 0 Å². The minimum Gasteiger partial charge on any atom is -0.496 e. The van der Waals surface area contributed by atoms with Crippen LogP contribution >= 0.6 is 0 Å². The molecule has 0 spiro atoms. The second kappa shape index (κ2) is 9.90. The van der Waals surface area contributed by atoms with Crippen molar-refractivity contribution >= 4 is 28.6 Å². The Morgan fingerprint density at radius 2 is 2.12 bits per heavy atom. The highest BCUT2D eigenvalue weighted by Crippen LogP contribution is 2.26. The summed E-state index contributed by atoms with van der Waals surface area (Å²) < 4.78 is 19.7. The van der Waals surface area contributed by atoms with Crippen LogP contribution in [0.4, 0.5) is 4.39 Å². The molecule has 1 aromatic heterocycles. The Labute approximate surface area is 191 Å². The number of nitriles is 1. The molecule has 0 saturated carbocycles. The molecular weight excluding hydrogens is 429 g/mol. The van der Waals surface area contributed by atoms with E-state index in [0.717, 1.165) is 0 Å². The topological polar surface area (TPSA) is 136 Å². The normalized spacial score (nSPS) is 17.7. The summed E-state index contributed by atoms with van der Waals surface area (Å²) in [6, 6.07) is 6.71. The molecule has 2 unspecified atom stereocenters. The molecule has 0 aliphatic carbocycles. The number of hydrogen-bond donors (Lipinski definition) is 4. The van der Waals surface area contributed by atoms with Gasteiger partial charge in [0.05, 0.1) is 13.2 Å². The van der Waals surface area contributed by atoms with Gasteiger partial charge in [-0.3, -0.25) is 14.4 Å². The van der Waals surface area contributed by atoms with Crippen LogP contribution < -0.4 is 20.7 Å². The first-order valence-corrected chi connectivity index (χ1v) is 10.7. The smallest absolute Gasteiger partial charge is 0.268 e. The number of hydrogen-bond acceptors (Lipinski definition) is 5. The van der Waals surface area contributed by atoms with Gasteiger partial charge in [0.2, 0.25) is 11.8 Å². The summed E-state index contributed by atoms with van der Waals surface area (Å²) in [5, 5.41) is 17.9. The zero-order chi connectivity index (χ0) is 24.2. The average Bonchev–Trinajstić information content (AvgIpc) is 3.37. The van der Waals surface area contributed by atoms with Crippen molar-refractivity contribution in [2.45, 2.75) is 50.9 Å². The van der Waals surface area contributed by atoms with E-state index in [0.29, 0.717) is 29.6 Å². The number of ether oxygens (including phenoxy) is 1. The Kier molecular flexibility index (Phi) is 7.21. The van der Waals surface area contributed by atoms with Gasteiger partial charge in [0.25, 0.3) is 5.91 Å². The lowest BCUT2D eigenvalue weighted by molar-refractivity contribution is -0.125. The van der Waals surface area contributed by atoms with Gasteiger partial charge in [-0.05, 0) is 44.9 Å². The molecule has 9 nitrogen and oxygen atoms in total. The quantitative estimate of drug-likeness (QED) is 0.456. The predicted octanol–water partition coefficient (Wildman–Crippen LogP) is 1.95. The molecule has 1 aliphatic heterocycles. The first-order chi connectivity index (χ1) is 15.6. The largest absolute Gasteiger partial charge is 0.496 e. The number of benzene rings is 1. The van der Waals surface area contributed by atoms with Gasteiger partial charge in [-0.2, -0.15) is 5.26 Å². The number of alkyl halides is 1. The van der Waals surface area contributed by atoms with Crippen molar-refractivity contribution in [3.8, 4) is 11.8 Å².